The SMILES string of the molecule is C.CC.[CH3][PbH]. The number of rotatable bonds is 0. The Hall–Kier alpha value is 0.922. The first kappa shape index (κ1) is 16.8. The summed E-state index contributed by atoms with van der Waals surface area (Å²) in [5.74, 6) is 0. The molecule has 0 aliphatic rings. The van der Waals surface area contributed by atoms with Crippen LogP contribution in [-0.4, -0.2) is 25.8 Å². The molecule has 0 unspecified atom stereocenters. The first-order chi connectivity index (χ1) is 2.00. The molecular weight excluding hydrogens is 255 g/mol. The Morgan fingerprint density at radius 1 is 1.00 bits per heavy atom. The van der Waals surface area contributed by atoms with Gasteiger partial charge >= 0.3 is 30.3 Å². The zero-order valence-electron chi connectivity index (χ0n) is 3.58. The van der Waals surface area contributed by atoms with Crippen molar-refractivity contribution < 1.29 is 0 Å². The van der Waals surface area contributed by atoms with Gasteiger partial charge in [-0.05, 0) is 0 Å². The van der Waals surface area contributed by atoms with Gasteiger partial charge in [-0.15, -0.1) is 0 Å². The quantitative estimate of drug-likeness (QED) is 0.586. The van der Waals surface area contributed by atoms with E-state index in [0.717, 1.165) is 0 Å². The first-order valence-corrected chi connectivity index (χ1v) is 6.07. The van der Waals surface area contributed by atoms with Crippen molar-refractivity contribution in [1.82, 2.24) is 0 Å². The second kappa shape index (κ2) is 89.1. The summed E-state index contributed by atoms with van der Waals surface area (Å²) in [4.78, 5) is 0. The van der Waals surface area contributed by atoms with Gasteiger partial charge in [0.2, 0.25) is 0 Å². The molecule has 0 heterocycles. The van der Waals surface area contributed by atoms with E-state index in [0.29, 0.717) is 0 Å². The average Bonchev–Trinajstić information content (AvgIpc) is 1.50. The van der Waals surface area contributed by atoms with E-state index in [1.54, 1.807) is 0 Å². The molecule has 34 valence electrons. The van der Waals surface area contributed by atoms with Gasteiger partial charge < -0.3 is 0 Å². The number of hydrogen-bond acceptors (Lipinski definition) is 0. The van der Waals surface area contributed by atoms with Crippen LogP contribution in [0.25, 0.3) is 0 Å². The molecule has 0 nitrogen and oxygen atoms in total. The minimum absolute atomic E-state index is 0. The predicted octanol–water partition coefficient (Wildman–Crippen LogP) is 1.60. The van der Waals surface area contributed by atoms with Crippen LogP contribution in [0.2, 0.25) is 4.48 Å². The van der Waals surface area contributed by atoms with Crippen molar-refractivity contribution in [1.29, 1.82) is 0 Å². The predicted molar refractivity (Wildman–Crippen MR) is 31.1 cm³/mol. The van der Waals surface area contributed by atoms with Gasteiger partial charge in [-0.2, -0.15) is 0 Å². The van der Waals surface area contributed by atoms with Crippen LogP contribution in [0.1, 0.15) is 21.3 Å². The van der Waals surface area contributed by atoms with Gasteiger partial charge in [0.25, 0.3) is 0 Å². The molecule has 5 heavy (non-hydrogen) atoms. The zero-order chi connectivity index (χ0) is 4.00. The van der Waals surface area contributed by atoms with E-state index < -0.39 is 0 Å². The van der Waals surface area contributed by atoms with Crippen molar-refractivity contribution in [2.45, 2.75) is 25.8 Å². The van der Waals surface area contributed by atoms with E-state index >= 15 is 0 Å². The third-order valence-electron chi connectivity index (χ3n) is 0. The van der Waals surface area contributed by atoms with Crippen molar-refractivity contribution in [3.63, 3.8) is 0 Å². The van der Waals surface area contributed by atoms with Crippen LogP contribution >= 0.6 is 0 Å². The van der Waals surface area contributed by atoms with Crippen LogP contribution in [0, 0.1) is 0 Å². The third-order valence-corrected chi connectivity index (χ3v) is 0. The van der Waals surface area contributed by atoms with E-state index in [1.165, 1.54) is 25.8 Å². The van der Waals surface area contributed by atoms with Crippen molar-refractivity contribution in [2.75, 3.05) is 0 Å². The Labute approximate surface area is 51.7 Å². The molecule has 0 aromatic carbocycles. The van der Waals surface area contributed by atoms with E-state index in [9.17, 15) is 0 Å². The molecule has 0 rings (SSSR count). The van der Waals surface area contributed by atoms with Crippen LogP contribution < -0.4 is 0 Å². The summed E-state index contributed by atoms with van der Waals surface area (Å²) in [5, 5.41) is 0. The van der Waals surface area contributed by atoms with Gasteiger partial charge in [-0.3, -0.25) is 0 Å². The Bertz CT molecular complexity index is 3.61. The molecule has 0 fully saturated rings. The summed E-state index contributed by atoms with van der Waals surface area (Å²) in [6, 6.07) is 0. The van der Waals surface area contributed by atoms with Crippen molar-refractivity contribution in [3.05, 3.63) is 0 Å². The summed E-state index contributed by atoms with van der Waals surface area (Å²) >= 11 is 1.17. The van der Waals surface area contributed by atoms with Crippen molar-refractivity contribution in [2.24, 2.45) is 0 Å². The molecule has 0 aromatic rings. The molecule has 2 radical (unpaired) electrons. The molecule has 0 saturated heterocycles. The topological polar surface area (TPSA) is 0 Å². The van der Waals surface area contributed by atoms with Crippen molar-refractivity contribution in [3.8, 4) is 0 Å². The summed E-state index contributed by atoms with van der Waals surface area (Å²) in [6.07, 6.45) is 0. The Balaban J connectivity index is -0.0000000133. The Morgan fingerprint density at radius 3 is 1.00 bits per heavy atom. The fraction of sp³-hybridized carbons (Fsp3) is 1.00. The van der Waals surface area contributed by atoms with Gasteiger partial charge in [0.05, 0.1) is 0 Å². The Kier molecular flexibility index (Phi) is 299. The van der Waals surface area contributed by atoms with Gasteiger partial charge in [-0.25, -0.2) is 0 Å². The molecular formula is C4H14Pb. The van der Waals surface area contributed by atoms with Crippen LogP contribution in [0.3, 0.4) is 0 Å². The molecule has 0 amide bonds. The molecule has 0 bridgehead atoms. The minimum atomic E-state index is 0. The molecule has 0 atom stereocenters. The second-order valence-corrected chi connectivity index (χ2v) is 0. The van der Waals surface area contributed by atoms with Crippen LogP contribution in [0.4, 0.5) is 0 Å². The van der Waals surface area contributed by atoms with Crippen molar-refractivity contribution >= 4 is 25.8 Å². The maximum atomic E-state index is 2.17. The van der Waals surface area contributed by atoms with E-state index in [-0.39, 0.29) is 7.43 Å². The first-order valence-electron chi connectivity index (χ1n) is 1.58. The molecule has 0 aliphatic carbocycles. The fourth-order valence-electron chi connectivity index (χ4n) is 0. The molecule has 0 N–H and O–H groups in total. The molecule has 0 spiro atoms. The molecule has 0 aromatic heterocycles. The summed E-state index contributed by atoms with van der Waals surface area (Å²) < 4.78 is 2.17. The van der Waals surface area contributed by atoms with Crippen LogP contribution in [0.5, 0.6) is 0 Å². The normalized spacial score (nSPS) is 2.40. The summed E-state index contributed by atoms with van der Waals surface area (Å²) in [7, 11) is 0. The standard InChI is InChI=1S/C2H6.CH4.CH3.Pb.H/c1-2;;;;/h1-2H3;1H4;1H3;;. The Morgan fingerprint density at radius 2 is 1.00 bits per heavy atom. The fourth-order valence-corrected chi connectivity index (χ4v) is 0. The maximum absolute atomic E-state index is 2.17. The number of hydrogen-bond donors (Lipinski definition) is 0. The summed E-state index contributed by atoms with van der Waals surface area (Å²) in [6.45, 7) is 4.00. The van der Waals surface area contributed by atoms with Gasteiger partial charge in [0, 0.05) is 0 Å². The third kappa shape index (κ3) is 49.4. The van der Waals surface area contributed by atoms with Gasteiger partial charge in [0.15, 0.2) is 0 Å². The van der Waals surface area contributed by atoms with Gasteiger partial charge in [0.1, 0.15) is 0 Å². The molecule has 0 aliphatic heterocycles. The monoisotopic (exact) mass is 270 g/mol. The van der Waals surface area contributed by atoms with Crippen LogP contribution in [0.15, 0.2) is 0 Å². The van der Waals surface area contributed by atoms with E-state index in [2.05, 4.69) is 4.48 Å². The zero-order valence-corrected chi connectivity index (χ0v) is 8.07. The summed E-state index contributed by atoms with van der Waals surface area (Å²) in [5.41, 5.74) is 0. The molecule has 1 heteroatoms. The van der Waals surface area contributed by atoms with Crippen LogP contribution in [-0.2, 0) is 0 Å². The second-order valence-electron chi connectivity index (χ2n) is 0. The average molecular weight is 269 g/mol. The van der Waals surface area contributed by atoms with Gasteiger partial charge in [-0.1, -0.05) is 21.3 Å². The van der Waals surface area contributed by atoms with E-state index in [4.69, 9.17) is 0 Å². The molecule has 0 saturated carbocycles. The van der Waals surface area contributed by atoms with E-state index in [1.807, 2.05) is 13.8 Å².